The van der Waals surface area contributed by atoms with Crippen LogP contribution in [0.2, 0.25) is 0 Å². The molecule has 0 aromatic heterocycles. The Kier molecular flexibility index (Phi) is 4.85. The maximum atomic E-state index is 6.22. The average Bonchev–Trinajstić information content (AvgIpc) is 2.72. The van der Waals surface area contributed by atoms with Crippen LogP contribution in [0, 0.1) is 0 Å². The Morgan fingerprint density at radius 1 is 0.963 bits per heavy atom. The Hall–Kier alpha value is -2.44. The normalized spacial score (nSPS) is 21.3. The van der Waals surface area contributed by atoms with Gasteiger partial charge in [0.2, 0.25) is 11.5 Å². The summed E-state index contributed by atoms with van der Waals surface area (Å²) in [6.45, 7) is 2.28. The second-order valence-electron chi connectivity index (χ2n) is 6.82. The van der Waals surface area contributed by atoms with Gasteiger partial charge in [-0.15, -0.1) is 0 Å². The van der Waals surface area contributed by atoms with E-state index in [1.807, 2.05) is 18.2 Å². The van der Waals surface area contributed by atoms with Crippen LogP contribution in [0.1, 0.15) is 18.4 Å². The zero-order chi connectivity index (χ0) is 18.9. The highest BCUT2D eigenvalue weighted by atomic mass is 16.7. The fourth-order valence-electron chi connectivity index (χ4n) is 3.72. The van der Waals surface area contributed by atoms with E-state index in [0.717, 1.165) is 48.4 Å². The summed E-state index contributed by atoms with van der Waals surface area (Å²) in [5, 5.41) is 3.36. The Morgan fingerprint density at radius 3 is 2.37 bits per heavy atom. The molecule has 144 valence electrons. The monoisotopic (exact) mass is 371 g/mol. The smallest absolute Gasteiger partial charge is 0.223 e. The molecule has 2 aliphatic heterocycles. The summed E-state index contributed by atoms with van der Waals surface area (Å²) in [7, 11) is 4.84. The van der Waals surface area contributed by atoms with Gasteiger partial charge in [0, 0.05) is 12.0 Å². The number of ether oxygens (including phenoxy) is 5. The van der Waals surface area contributed by atoms with Gasteiger partial charge in [0.05, 0.1) is 34.5 Å². The predicted molar refractivity (Wildman–Crippen MR) is 102 cm³/mol. The zero-order valence-electron chi connectivity index (χ0n) is 16.0. The van der Waals surface area contributed by atoms with E-state index >= 15 is 0 Å². The number of hydrogen-bond acceptors (Lipinski definition) is 6. The standard InChI is InChI=1S/C21H25NO5/c1-23-18-10-15(11-19(24-2)20(18)25-3)14-5-6-17-16(9-14)12-26-21(27-17)7-4-8-22-13-21/h5-6,9-11,22H,4,7-8,12-13H2,1-3H3. The van der Waals surface area contributed by atoms with Gasteiger partial charge in [0.15, 0.2) is 11.5 Å². The molecule has 1 fully saturated rings. The number of nitrogens with one attached hydrogen (secondary N) is 1. The first-order valence-corrected chi connectivity index (χ1v) is 9.15. The van der Waals surface area contributed by atoms with Crippen molar-refractivity contribution in [2.24, 2.45) is 0 Å². The van der Waals surface area contributed by atoms with Gasteiger partial charge in [0.1, 0.15) is 5.75 Å². The molecule has 2 aliphatic rings. The van der Waals surface area contributed by atoms with Gasteiger partial charge in [-0.25, -0.2) is 0 Å². The highest BCUT2D eigenvalue weighted by molar-refractivity contribution is 5.72. The van der Waals surface area contributed by atoms with Crippen molar-refractivity contribution in [1.29, 1.82) is 0 Å². The van der Waals surface area contributed by atoms with Crippen LogP contribution in [0.25, 0.3) is 11.1 Å². The molecule has 2 aromatic rings. The van der Waals surface area contributed by atoms with E-state index in [2.05, 4.69) is 17.4 Å². The van der Waals surface area contributed by atoms with E-state index in [9.17, 15) is 0 Å². The van der Waals surface area contributed by atoms with Gasteiger partial charge in [-0.1, -0.05) is 6.07 Å². The van der Waals surface area contributed by atoms with Crippen molar-refractivity contribution in [3.63, 3.8) is 0 Å². The number of benzene rings is 2. The molecule has 1 spiro atoms. The number of rotatable bonds is 4. The van der Waals surface area contributed by atoms with Gasteiger partial charge >= 0.3 is 0 Å². The van der Waals surface area contributed by atoms with Crippen molar-refractivity contribution in [2.45, 2.75) is 25.2 Å². The summed E-state index contributed by atoms with van der Waals surface area (Å²) >= 11 is 0. The van der Waals surface area contributed by atoms with Crippen LogP contribution in [0.3, 0.4) is 0 Å². The van der Waals surface area contributed by atoms with Crippen molar-refractivity contribution < 1.29 is 23.7 Å². The molecule has 0 bridgehead atoms. The van der Waals surface area contributed by atoms with E-state index in [1.165, 1.54) is 0 Å². The van der Waals surface area contributed by atoms with Crippen LogP contribution in [0.4, 0.5) is 0 Å². The topological polar surface area (TPSA) is 58.2 Å². The molecule has 1 atom stereocenters. The molecular weight excluding hydrogens is 346 g/mol. The number of hydrogen-bond donors (Lipinski definition) is 1. The third kappa shape index (κ3) is 3.31. The molecule has 0 amide bonds. The summed E-state index contributed by atoms with van der Waals surface area (Å²) in [5.41, 5.74) is 3.06. The van der Waals surface area contributed by atoms with Gasteiger partial charge in [-0.3, -0.25) is 0 Å². The average molecular weight is 371 g/mol. The molecule has 1 unspecified atom stereocenters. The molecule has 2 aromatic carbocycles. The van der Waals surface area contributed by atoms with Crippen molar-refractivity contribution in [3.8, 4) is 34.1 Å². The van der Waals surface area contributed by atoms with Gasteiger partial charge < -0.3 is 29.0 Å². The van der Waals surface area contributed by atoms with Crippen LogP contribution in [0.15, 0.2) is 30.3 Å². The van der Waals surface area contributed by atoms with Crippen molar-refractivity contribution >= 4 is 0 Å². The highest BCUT2D eigenvalue weighted by Gasteiger charge is 2.39. The Labute approximate surface area is 159 Å². The summed E-state index contributed by atoms with van der Waals surface area (Å²) in [6, 6.07) is 10.1. The van der Waals surface area contributed by atoms with Crippen LogP contribution in [-0.4, -0.2) is 40.2 Å². The van der Waals surface area contributed by atoms with Gasteiger partial charge in [-0.05, 0) is 48.4 Å². The second kappa shape index (κ2) is 7.29. The largest absolute Gasteiger partial charge is 0.493 e. The third-order valence-corrected chi connectivity index (χ3v) is 5.15. The summed E-state index contributed by atoms with van der Waals surface area (Å²) in [4.78, 5) is 0. The second-order valence-corrected chi connectivity index (χ2v) is 6.82. The zero-order valence-corrected chi connectivity index (χ0v) is 16.0. The first kappa shape index (κ1) is 17.9. The number of piperidine rings is 1. The Bertz CT molecular complexity index is 804. The maximum Gasteiger partial charge on any atom is 0.223 e. The van der Waals surface area contributed by atoms with Crippen LogP contribution < -0.4 is 24.3 Å². The molecule has 0 aliphatic carbocycles. The number of methoxy groups -OCH3 is 3. The van der Waals surface area contributed by atoms with E-state index in [1.54, 1.807) is 21.3 Å². The molecule has 2 heterocycles. The van der Waals surface area contributed by atoms with Gasteiger partial charge in [0.25, 0.3) is 0 Å². The lowest BCUT2D eigenvalue weighted by atomic mass is 9.99. The van der Waals surface area contributed by atoms with E-state index in [4.69, 9.17) is 23.7 Å². The molecule has 1 saturated heterocycles. The summed E-state index contributed by atoms with van der Waals surface area (Å²) in [5.74, 6) is 2.20. The molecule has 0 radical (unpaired) electrons. The quantitative estimate of drug-likeness (QED) is 0.889. The van der Waals surface area contributed by atoms with Crippen LogP contribution >= 0.6 is 0 Å². The molecule has 6 heteroatoms. The van der Waals surface area contributed by atoms with Crippen LogP contribution in [-0.2, 0) is 11.3 Å². The Balaban J connectivity index is 1.67. The summed E-state index contributed by atoms with van der Waals surface area (Å²) < 4.78 is 28.7. The maximum absolute atomic E-state index is 6.22. The summed E-state index contributed by atoms with van der Waals surface area (Å²) in [6.07, 6.45) is 1.97. The molecule has 0 saturated carbocycles. The molecule has 27 heavy (non-hydrogen) atoms. The predicted octanol–water partition coefficient (Wildman–Crippen LogP) is 3.37. The highest BCUT2D eigenvalue weighted by Crippen LogP contribution is 2.43. The minimum Gasteiger partial charge on any atom is -0.493 e. The third-order valence-electron chi connectivity index (χ3n) is 5.15. The van der Waals surface area contributed by atoms with E-state index in [-0.39, 0.29) is 0 Å². The SMILES string of the molecule is COc1cc(-c2ccc3c(c2)COC2(CCCNC2)O3)cc(OC)c1OC. The van der Waals surface area contributed by atoms with E-state index < -0.39 is 5.79 Å². The first-order valence-electron chi connectivity index (χ1n) is 9.15. The van der Waals surface area contributed by atoms with Crippen molar-refractivity contribution in [1.82, 2.24) is 5.32 Å². The van der Waals surface area contributed by atoms with Crippen molar-refractivity contribution in [2.75, 3.05) is 34.4 Å². The van der Waals surface area contributed by atoms with Crippen molar-refractivity contribution in [3.05, 3.63) is 35.9 Å². The lowest BCUT2D eigenvalue weighted by Gasteiger charge is -2.41. The molecule has 1 N–H and O–H groups in total. The minimum absolute atomic E-state index is 0.528. The van der Waals surface area contributed by atoms with Gasteiger partial charge in [-0.2, -0.15) is 0 Å². The Morgan fingerprint density at radius 2 is 1.74 bits per heavy atom. The van der Waals surface area contributed by atoms with E-state index in [0.29, 0.717) is 23.9 Å². The molecular formula is C21H25NO5. The fraction of sp³-hybridized carbons (Fsp3) is 0.429. The minimum atomic E-state index is -0.528. The fourth-order valence-corrected chi connectivity index (χ4v) is 3.72. The first-order chi connectivity index (χ1) is 13.2. The lowest BCUT2D eigenvalue weighted by Crippen LogP contribution is -2.53. The molecule has 6 nitrogen and oxygen atoms in total. The van der Waals surface area contributed by atoms with Crippen LogP contribution in [0.5, 0.6) is 23.0 Å². The number of fused-ring (bicyclic) bond motifs is 1. The molecule has 4 rings (SSSR count). The lowest BCUT2D eigenvalue weighted by molar-refractivity contribution is -0.213.